The largest absolute Gasteiger partial charge is 0.363 e. The third-order valence-corrected chi connectivity index (χ3v) is 4.61. The molecule has 0 N–H and O–H groups in total. The Balaban J connectivity index is 1.71. The lowest BCUT2D eigenvalue weighted by Crippen LogP contribution is -2.23. The molecule has 3 heteroatoms. The van der Waals surface area contributed by atoms with Crippen LogP contribution in [0.2, 0.25) is 0 Å². The van der Waals surface area contributed by atoms with Gasteiger partial charge in [0.25, 0.3) is 0 Å². The van der Waals surface area contributed by atoms with Crippen LogP contribution in [0.1, 0.15) is 38.8 Å². The van der Waals surface area contributed by atoms with Gasteiger partial charge in [0.1, 0.15) is 11.2 Å². The Morgan fingerprint density at radius 2 is 1.03 bits per heavy atom. The van der Waals surface area contributed by atoms with E-state index in [0.717, 1.165) is 12.8 Å². The Labute approximate surface area is 180 Å². The molecule has 0 spiro atoms. The summed E-state index contributed by atoms with van der Waals surface area (Å²) in [6, 6.07) is 20.7. The molecule has 0 unspecified atom stereocenters. The average molecular weight is 407 g/mol. The smallest absolute Gasteiger partial charge is 0.124 e. The Kier molecular flexibility index (Phi) is 9.36. The van der Waals surface area contributed by atoms with Crippen molar-refractivity contribution in [3.05, 3.63) is 71.8 Å². The first-order valence-electron chi connectivity index (χ1n) is 9.92. The second-order valence-corrected chi connectivity index (χ2v) is 8.36. The molecule has 2 rings (SSSR count). The molecule has 0 aliphatic rings. The van der Waals surface area contributed by atoms with Crippen molar-refractivity contribution in [2.45, 2.75) is 51.7 Å². The highest BCUT2D eigenvalue weighted by atomic mass is 32.2. The Hall–Kier alpha value is -2.17. The first-order chi connectivity index (χ1) is 13.9. The maximum Gasteiger partial charge on any atom is 0.124 e. The lowest BCUT2D eigenvalue weighted by Gasteiger charge is -2.19. The molecule has 29 heavy (non-hydrogen) atoms. The van der Waals surface area contributed by atoms with Crippen LogP contribution in [-0.4, -0.2) is 24.4 Å². The molecule has 0 amide bonds. The first kappa shape index (κ1) is 23.1. The van der Waals surface area contributed by atoms with Gasteiger partial charge in [0, 0.05) is 11.8 Å². The first-order valence-corrected chi connectivity index (χ1v) is 10.7. The van der Waals surface area contributed by atoms with Crippen molar-refractivity contribution in [2.24, 2.45) is 0 Å². The summed E-state index contributed by atoms with van der Waals surface area (Å²) in [5.74, 6) is 6.29. The van der Waals surface area contributed by atoms with E-state index in [0.29, 0.717) is 13.2 Å². The van der Waals surface area contributed by atoms with Gasteiger partial charge < -0.3 is 9.47 Å². The standard InChI is InChI=1S/C26H30O2S/c1-25(2,27-19-15-23-11-7-5-8-12-23)17-21-29-22-18-26(3,4)28-20-16-24-13-9-6-10-14-24/h5-14H,15-16,19-20H2,1-4H3. The van der Waals surface area contributed by atoms with Gasteiger partial charge >= 0.3 is 0 Å². The number of rotatable bonds is 8. The molecule has 0 saturated carbocycles. The van der Waals surface area contributed by atoms with Gasteiger partial charge in [-0.2, -0.15) is 0 Å². The fraction of sp³-hybridized carbons (Fsp3) is 0.385. The van der Waals surface area contributed by atoms with E-state index < -0.39 is 11.2 Å². The Morgan fingerprint density at radius 3 is 1.41 bits per heavy atom. The van der Waals surface area contributed by atoms with Crippen molar-refractivity contribution >= 4 is 11.8 Å². The molecule has 152 valence electrons. The zero-order chi connectivity index (χ0) is 21.0. The summed E-state index contributed by atoms with van der Waals surface area (Å²) in [7, 11) is 0. The molecule has 2 aromatic carbocycles. The summed E-state index contributed by atoms with van der Waals surface area (Å²) in [4.78, 5) is 0. The second kappa shape index (κ2) is 11.7. The summed E-state index contributed by atoms with van der Waals surface area (Å²) < 4.78 is 11.8. The van der Waals surface area contributed by atoms with Crippen molar-refractivity contribution in [1.29, 1.82) is 0 Å². The van der Waals surface area contributed by atoms with Crippen molar-refractivity contribution in [2.75, 3.05) is 13.2 Å². The van der Waals surface area contributed by atoms with E-state index in [1.165, 1.54) is 22.9 Å². The molecule has 0 aromatic heterocycles. The molecular weight excluding hydrogens is 376 g/mol. The van der Waals surface area contributed by atoms with E-state index >= 15 is 0 Å². The maximum absolute atomic E-state index is 5.92. The van der Waals surface area contributed by atoms with Crippen molar-refractivity contribution in [3.8, 4) is 22.3 Å². The van der Waals surface area contributed by atoms with Gasteiger partial charge in [0.2, 0.25) is 0 Å². The molecule has 0 fully saturated rings. The highest BCUT2D eigenvalue weighted by Gasteiger charge is 2.15. The molecule has 0 aliphatic heterocycles. The lowest BCUT2D eigenvalue weighted by atomic mass is 10.1. The van der Waals surface area contributed by atoms with Gasteiger partial charge in [-0.05, 0) is 62.2 Å². The van der Waals surface area contributed by atoms with Crippen LogP contribution in [0, 0.1) is 22.3 Å². The highest BCUT2D eigenvalue weighted by molar-refractivity contribution is 8.08. The number of thioether (sulfide) groups is 1. The van der Waals surface area contributed by atoms with Gasteiger partial charge in [-0.1, -0.05) is 72.5 Å². The van der Waals surface area contributed by atoms with Gasteiger partial charge in [-0.25, -0.2) is 0 Å². The SMILES string of the molecule is CC(C)(C#CSC#CC(C)(C)OCCc1ccccc1)OCCc1ccccc1. The predicted octanol–water partition coefficient (Wildman–Crippen LogP) is 5.72. The topological polar surface area (TPSA) is 18.5 Å². The van der Waals surface area contributed by atoms with E-state index in [2.05, 4.69) is 46.6 Å². The zero-order valence-electron chi connectivity index (χ0n) is 17.8. The van der Waals surface area contributed by atoms with E-state index in [1.54, 1.807) is 0 Å². The molecule has 0 bridgehead atoms. The minimum Gasteiger partial charge on any atom is -0.363 e. The zero-order valence-corrected chi connectivity index (χ0v) is 18.6. The Bertz CT molecular complexity index is 776. The van der Waals surface area contributed by atoms with Gasteiger partial charge in [0.05, 0.1) is 13.2 Å². The minimum absolute atomic E-state index is 0.495. The summed E-state index contributed by atoms with van der Waals surface area (Å²) >= 11 is 1.28. The highest BCUT2D eigenvalue weighted by Crippen LogP contribution is 2.12. The van der Waals surface area contributed by atoms with Crippen LogP contribution in [0.15, 0.2) is 60.7 Å². The van der Waals surface area contributed by atoms with Crippen LogP contribution < -0.4 is 0 Å². The summed E-state index contributed by atoms with van der Waals surface area (Å²) in [6.45, 7) is 9.21. The lowest BCUT2D eigenvalue weighted by molar-refractivity contribution is 0.0289. The van der Waals surface area contributed by atoms with Crippen LogP contribution in [0.5, 0.6) is 0 Å². The normalized spacial score (nSPS) is 11.2. The van der Waals surface area contributed by atoms with E-state index in [-0.39, 0.29) is 0 Å². The second-order valence-electron chi connectivity index (χ2n) is 7.74. The number of benzene rings is 2. The molecule has 2 nitrogen and oxygen atoms in total. The van der Waals surface area contributed by atoms with E-state index in [4.69, 9.17) is 9.47 Å². The van der Waals surface area contributed by atoms with Crippen LogP contribution in [0.4, 0.5) is 0 Å². The average Bonchev–Trinajstić information content (AvgIpc) is 2.69. The monoisotopic (exact) mass is 406 g/mol. The van der Waals surface area contributed by atoms with Crippen molar-refractivity contribution < 1.29 is 9.47 Å². The van der Waals surface area contributed by atoms with Crippen LogP contribution in [-0.2, 0) is 22.3 Å². The van der Waals surface area contributed by atoms with Crippen LogP contribution in [0.25, 0.3) is 0 Å². The summed E-state index contributed by atoms with van der Waals surface area (Å²) in [5, 5.41) is 6.08. The number of hydrogen-bond donors (Lipinski definition) is 0. The minimum atomic E-state index is -0.495. The van der Waals surface area contributed by atoms with E-state index in [9.17, 15) is 0 Å². The summed E-state index contributed by atoms with van der Waals surface area (Å²) in [6.07, 6.45) is 1.76. The molecule has 0 saturated heterocycles. The van der Waals surface area contributed by atoms with Crippen molar-refractivity contribution in [1.82, 2.24) is 0 Å². The number of hydrogen-bond acceptors (Lipinski definition) is 3. The fourth-order valence-electron chi connectivity index (χ4n) is 2.53. The quantitative estimate of drug-likeness (QED) is 0.523. The molecular formula is C26H30O2S. The molecule has 0 heterocycles. The third kappa shape index (κ3) is 10.2. The maximum atomic E-state index is 5.92. The molecule has 0 atom stereocenters. The van der Waals surface area contributed by atoms with Gasteiger partial charge in [0.15, 0.2) is 0 Å². The third-order valence-electron chi connectivity index (χ3n) is 4.20. The van der Waals surface area contributed by atoms with Gasteiger partial charge in [-0.15, -0.1) is 0 Å². The molecule has 0 aliphatic carbocycles. The van der Waals surface area contributed by atoms with Crippen molar-refractivity contribution in [3.63, 3.8) is 0 Å². The fourth-order valence-corrected chi connectivity index (χ4v) is 3.18. The number of ether oxygens (including phenoxy) is 2. The van der Waals surface area contributed by atoms with Gasteiger partial charge in [-0.3, -0.25) is 0 Å². The van der Waals surface area contributed by atoms with Crippen LogP contribution in [0.3, 0.4) is 0 Å². The molecule has 0 radical (unpaired) electrons. The van der Waals surface area contributed by atoms with E-state index in [1.807, 2.05) is 64.1 Å². The predicted molar refractivity (Wildman–Crippen MR) is 123 cm³/mol. The summed E-state index contributed by atoms with van der Waals surface area (Å²) in [5.41, 5.74) is 1.55. The van der Waals surface area contributed by atoms with Crippen LogP contribution >= 0.6 is 11.8 Å². The Morgan fingerprint density at radius 1 is 0.655 bits per heavy atom. The molecule has 2 aromatic rings.